The van der Waals surface area contributed by atoms with E-state index in [1.165, 1.54) is 0 Å². The van der Waals surface area contributed by atoms with Gasteiger partial charge in [0.25, 0.3) is 5.91 Å². The molecule has 0 aliphatic rings. The fourth-order valence-corrected chi connectivity index (χ4v) is 1.79. The minimum Gasteiger partial charge on any atom is -0.392 e. The van der Waals surface area contributed by atoms with E-state index in [0.29, 0.717) is 13.2 Å². The number of amides is 1. The molecule has 112 valence electrons. The van der Waals surface area contributed by atoms with E-state index in [9.17, 15) is 9.90 Å². The van der Waals surface area contributed by atoms with Crippen molar-refractivity contribution in [3.05, 3.63) is 35.9 Å². The Hall–Kier alpha value is -1.43. The van der Waals surface area contributed by atoms with Crippen LogP contribution in [0.5, 0.6) is 0 Å². The van der Waals surface area contributed by atoms with Crippen LogP contribution in [0.15, 0.2) is 30.3 Å². The molecule has 1 aromatic carbocycles. The van der Waals surface area contributed by atoms with Crippen molar-refractivity contribution in [1.29, 1.82) is 0 Å². The lowest BCUT2D eigenvalue weighted by Crippen LogP contribution is -2.43. The number of benzene rings is 1. The molecule has 1 amide bonds. The number of carbonyl (C=O) groups is 1. The highest BCUT2D eigenvalue weighted by Crippen LogP contribution is 2.01. The van der Waals surface area contributed by atoms with Crippen LogP contribution >= 0.6 is 0 Å². The minimum absolute atomic E-state index is 0.185. The van der Waals surface area contributed by atoms with Crippen LogP contribution in [-0.2, 0) is 16.2 Å². The number of nitrogens with one attached hydrogen (secondary N) is 1. The highest BCUT2D eigenvalue weighted by molar-refractivity contribution is 5.76. The number of hydrogen-bond acceptors (Lipinski definition) is 4. The molecule has 0 heterocycles. The molecule has 0 radical (unpaired) electrons. The summed E-state index contributed by atoms with van der Waals surface area (Å²) in [6.07, 6.45) is -0.463. The average Bonchev–Trinajstić information content (AvgIpc) is 2.38. The van der Waals surface area contributed by atoms with Crippen LogP contribution in [0, 0.1) is 0 Å². The fourth-order valence-electron chi connectivity index (χ4n) is 1.79. The summed E-state index contributed by atoms with van der Waals surface area (Å²) in [7, 11) is 0. The molecule has 2 N–H and O–H groups in total. The SMILES string of the molecule is CC(O)CN(CC(=O)NOCc1ccccc1)C(C)C. The summed E-state index contributed by atoms with van der Waals surface area (Å²) in [6.45, 7) is 6.69. The quantitative estimate of drug-likeness (QED) is 0.705. The number of rotatable bonds is 8. The first-order valence-electron chi connectivity index (χ1n) is 6.85. The Morgan fingerprint density at radius 1 is 1.30 bits per heavy atom. The number of hydrogen-bond donors (Lipinski definition) is 2. The highest BCUT2D eigenvalue weighted by Gasteiger charge is 2.15. The zero-order valence-corrected chi connectivity index (χ0v) is 12.4. The number of nitrogens with zero attached hydrogens (tertiary/aromatic N) is 1. The number of aliphatic hydroxyl groups is 1. The molecule has 0 saturated carbocycles. The third-order valence-corrected chi connectivity index (χ3v) is 2.84. The highest BCUT2D eigenvalue weighted by atomic mass is 16.6. The van der Waals surface area contributed by atoms with E-state index >= 15 is 0 Å². The standard InChI is InChI=1S/C15H24N2O3/c1-12(2)17(9-13(3)18)10-15(19)16-20-11-14-7-5-4-6-8-14/h4-8,12-13,18H,9-11H2,1-3H3,(H,16,19). The second-order valence-corrected chi connectivity index (χ2v) is 5.17. The molecule has 0 aliphatic heterocycles. The van der Waals surface area contributed by atoms with Crippen LogP contribution in [0.2, 0.25) is 0 Å². The Kier molecular flexibility index (Phi) is 7.22. The van der Waals surface area contributed by atoms with Crippen molar-refractivity contribution in [1.82, 2.24) is 10.4 Å². The van der Waals surface area contributed by atoms with Gasteiger partial charge in [0.15, 0.2) is 0 Å². The molecular weight excluding hydrogens is 256 g/mol. The van der Waals surface area contributed by atoms with E-state index < -0.39 is 6.10 Å². The second-order valence-electron chi connectivity index (χ2n) is 5.17. The maximum Gasteiger partial charge on any atom is 0.257 e. The third-order valence-electron chi connectivity index (χ3n) is 2.84. The lowest BCUT2D eigenvalue weighted by atomic mass is 10.2. The van der Waals surface area contributed by atoms with Crippen LogP contribution in [0.4, 0.5) is 0 Å². The number of carbonyl (C=O) groups excluding carboxylic acids is 1. The topological polar surface area (TPSA) is 61.8 Å². The normalized spacial score (nSPS) is 12.7. The molecule has 1 unspecified atom stereocenters. The van der Waals surface area contributed by atoms with Gasteiger partial charge in [0.05, 0.1) is 19.3 Å². The molecule has 0 fully saturated rings. The van der Waals surface area contributed by atoms with Gasteiger partial charge in [-0.05, 0) is 26.3 Å². The molecule has 0 spiro atoms. The molecule has 0 bridgehead atoms. The molecule has 20 heavy (non-hydrogen) atoms. The Balaban J connectivity index is 2.31. The molecule has 0 aliphatic carbocycles. The van der Waals surface area contributed by atoms with Crippen molar-refractivity contribution in [3.8, 4) is 0 Å². The van der Waals surface area contributed by atoms with Gasteiger partial charge in [-0.25, -0.2) is 5.48 Å². The van der Waals surface area contributed by atoms with Crippen LogP contribution in [0.25, 0.3) is 0 Å². The van der Waals surface area contributed by atoms with Crippen molar-refractivity contribution in [2.24, 2.45) is 0 Å². The maximum absolute atomic E-state index is 11.8. The predicted octanol–water partition coefficient (Wildman–Crippen LogP) is 1.33. The van der Waals surface area contributed by atoms with Crippen LogP contribution < -0.4 is 5.48 Å². The lowest BCUT2D eigenvalue weighted by Gasteiger charge is -2.26. The van der Waals surface area contributed by atoms with Crippen molar-refractivity contribution in [3.63, 3.8) is 0 Å². The number of aliphatic hydroxyl groups excluding tert-OH is 1. The smallest absolute Gasteiger partial charge is 0.257 e. The Morgan fingerprint density at radius 2 is 1.95 bits per heavy atom. The zero-order chi connectivity index (χ0) is 15.0. The van der Waals surface area contributed by atoms with Crippen molar-refractivity contribution in [2.75, 3.05) is 13.1 Å². The third kappa shape index (κ3) is 6.65. The molecule has 5 nitrogen and oxygen atoms in total. The summed E-state index contributed by atoms with van der Waals surface area (Å²) in [5.74, 6) is -0.213. The molecule has 1 atom stereocenters. The first-order valence-corrected chi connectivity index (χ1v) is 6.85. The van der Waals surface area contributed by atoms with Crippen LogP contribution in [0.1, 0.15) is 26.3 Å². The van der Waals surface area contributed by atoms with Gasteiger partial charge in [-0.15, -0.1) is 0 Å². The largest absolute Gasteiger partial charge is 0.392 e. The summed E-state index contributed by atoms with van der Waals surface area (Å²) in [4.78, 5) is 18.8. The van der Waals surface area contributed by atoms with Gasteiger partial charge >= 0.3 is 0 Å². The van der Waals surface area contributed by atoms with E-state index in [2.05, 4.69) is 5.48 Å². The van der Waals surface area contributed by atoms with E-state index in [0.717, 1.165) is 5.56 Å². The molecule has 0 saturated heterocycles. The second kappa shape index (κ2) is 8.68. The summed E-state index contributed by atoms with van der Waals surface area (Å²) in [5.41, 5.74) is 3.43. The summed E-state index contributed by atoms with van der Waals surface area (Å²) < 4.78 is 0. The van der Waals surface area contributed by atoms with Crippen molar-refractivity contribution in [2.45, 2.75) is 39.5 Å². The molecule has 1 rings (SSSR count). The maximum atomic E-state index is 11.8. The van der Waals surface area contributed by atoms with E-state index in [1.54, 1.807) is 6.92 Å². The first-order chi connectivity index (χ1) is 9.49. The summed E-state index contributed by atoms with van der Waals surface area (Å²) >= 11 is 0. The number of hydroxylamine groups is 1. The van der Waals surface area contributed by atoms with Gasteiger partial charge in [-0.1, -0.05) is 30.3 Å². The van der Waals surface area contributed by atoms with Crippen molar-refractivity contribution < 1.29 is 14.7 Å². The summed E-state index contributed by atoms with van der Waals surface area (Å²) in [5, 5.41) is 9.40. The van der Waals surface area contributed by atoms with E-state index in [1.807, 2.05) is 49.1 Å². The average molecular weight is 280 g/mol. The minimum atomic E-state index is -0.463. The van der Waals surface area contributed by atoms with Gasteiger partial charge in [0.1, 0.15) is 0 Å². The predicted molar refractivity (Wildman–Crippen MR) is 77.8 cm³/mol. The van der Waals surface area contributed by atoms with E-state index in [4.69, 9.17) is 4.84 Å². The van der Waals surface area contributed by atoms with Crippen molar-refractivity contribution >= 4 is 5.91 Å². The molecule has 5 heteroatoms. The van der Waals surface area contributed by atoms with Gasteiger partial charge in [-0.2, -0.15) is 0 Å². The monoisotopic (exact) mass is 280 g/mol. The lowest BCUT2D eigenvalue weighted by molar-refractivity contribution is -0.136. The van der Waals surface area contributed by atoms with Crippen LogP contribution in [-0.4, -0.2) is 41.1 Å². The Morgan fingerprint density at radius 3 is 2.50 bits per heavy atom. The zero-order valence-electron chi connectivity index (χ0n) is 12.4. The summed E-state index contributed by atoms with van der Waals surface area (Å²) in [6, 6.07) is 9.82. The van der Waals surface area contributed by atoms with E-state index in [-0.39, 0.29) is 18.5 Å². The van der Waals surface area contributed by atoms with Gasteiger partial charge < -0.3 is 5.11 Å². The van der Waals surface area contributed by atoms with Gasteiger partial charge in [0.2, 0.25) is 0 Å². The fraction of sp³-hybridized carbons (Fsp3) is 0.533. The van der Waals surface area contributed by atoms with Gasteiger partial charge in [0, 0.05) is 12.6 Å². The molecular formula is C15H24N2O3. The molecule has 1 aromatic rings. The Labute approximate surface area is 120 Å². The van der Waals surface area contributed by atoms with Crippen LogP contribution in [0.3, 0.4) is 0 Å². The Bertz CT molecular complexity index is 393. The van der Waals surface area contributed by atoms with Gasteiger partial charge in [-0.3, -0.25) is 14.5 Å². The molecule has 0 aromatic heterocycles. The first kappa shape index (κ1) is 16.6.